The van der Waals surface area contributed by atoms with E-state index in [9.17, 15) is 28.0 Å². The summed E-state index contributed by atoms with van der Waals surface area (Å²) in [6.07, 6.45) is 11.6. The molecule has 4 aromatic heterocycles. The highest BCUT2D eigenvalue weighted by Crippen LogP contribution is 2.36. The average Bonchev–Trinajstić information content (AvgIpc) is 3.59. The fraction of sp³-hybridized carbons (Fsp3) is 0.562. The smallest absolute Gasteiger partial charge is 0.329 e. The normalized spacial score (nSPS) is 23.8. The van der Waals surface area contributed by atoms with Crippen LogP contribution in [0.3, 0.4) is 0 Å². The van der Waals surface area contributed by atoms with Gasteiger partial charge in [-0.25, -0.2) is 18.6 Å². The topological polar surface area (TPSA) is 157 Å². The molecule has 0 bridgehead atoms. The summed E-state index contributed by atoms with van der Waals surface area (Å²) in [5, 5.41) is 6.72. The molecule has 5 aliphatic rings. The van der Waals surface area contributed by atoms with Gasteiger partial charge in [0.05, 0.1) is 17.1 Å². The number of imidazole rings is 1. The number of amides is 2. The lowest BCUT2D eigenvalue weighted by atomic mass is 9.86. The van der Waals surface area contributed by atoms with Crippen LogP contribution in [0, 0.1) is 11.8 Å². The number of hydrogen-bond acceptors (Lipinski definition) is 11. The van der Waals surface area contributed by atoms with Crippen LogP contribution in [0.4, 0.5) is 8.78 Å². The van der Waals surface area contributed by atoms with Crippen LogP contribution in [0.2, 0.25) is 0 Å². The van der Waals surface area contributed by atoms with E-state index >= 15 is 0 Å². The number of halogens is 2. The Labute approximate surface area is 376 Å². The molecule has 0 spiro atoms. The molecule has 5 fully saturated rings. The number of alkyl halides is 2. The number of aryl methyl sites for hydroxylation is 2. The number of imide groups is 1. The molecule has 7 heterocycles. The fourth-order valence-electron chi connectivity index (χ4n) is 10.8. The van der Waals surface area contributed by atoms with E-state index in [0.29, 0.717) is 29.8 Å². The van der Waals surface area contributed by atoms with Gasteiger partial charge in [0.25, 0.3) is 6.43 Å². The Morgan fingerprint density at radius 2 is 1.69 bits per heavy atom. The molecule has 1 unspecified atom stereocenters. The molecular weight excluding hydrogens is 835 g/mol. The van der Waals surface area contributed by atoms with Gasteiger partial charge in [-0.15, -0.1) is 0 Å². The van der Waals surface area contributed by atoms with E-state index in [0.717, 1.165) is 126 Å². The molecule has 17 heteroatoms. The van der Waals surface area contributed by atoms with Crippen molar-refractivity contribution in [3.8, 4) is 11.5 Å². The highest BCUT2D eigenvalue weighted by Gasteiger charge is 2.34. The first-order valence-electron chi connectivity index (χ1n) is 23.6. The van der Waals surface area contributed by atoms with E-state index in [1.54, 1.807) is 34.8 Å². The second kappa shape index (κ2) is 18.5. The maximum atomic E-state index is 14.3. The van der Waals surface area contributed by atoms with Crippen molar-refractivity contribution < 1.29 is 27.6 Å². The second-order valence-electron chi connectivity index (χ2n) is 19.2. The summed E-state index contributed by atoms with van der Waals surface area (Å²) in [4.78, 5) is 67.5. The predicted octanol–water partition coefficient (Wildman–Crippen LogP) is 5.89. The Hall–Kier alpha value is -5.39. The quantitative estimate of drug-likeness (QED) is 0.0988. The summed E-state index contributed by atoms with van der Waals surface area (Å²) in [6.45, 7) is 7.87. The number of piperidine rings is 1. The van der Waals surface area contributed by atoms with Crippen LogP contribution in [-0.4, -0.2) is 113 Å². The molecule has 15 nitrogen and oxygen atoms in total. The number of ketones is 1. The van der Waals surface area contributed by atoms with Gasteiger partial charge in [0.15, 0.2) is 5.78 Å². The second-order valence-corrected chi connectivity index (χ2v) is 19.2. The molecule has 1 aromatic carbocycles. The number of aromatic nitrogens is 6. The summed E-state index contributed by atoms with van der Waals surface area (Å²) in [7, 11) is 1.73. The van der Waals surface area contributed by atoms with E-state index in [-0.39, 0.29) is 53.2 Å². The van der Waals surface area contributed by atoms with Crippen molar-refractivity contribution in [3.63, 3.8) is 0 Å². The number of piperazine rings is 1. The SMILES string of the molecule is Cn1c(=O)n(C2CCC(=O)NC2=O)c2ccc(CN3CCN([C@@H]4CCN(CC5CCC(n6cc(CC(=O)c7coc(-c8ccnc(CCC9CC9)c8)n7)c(C(F)F)n6)CC5)C4)CC3)cc21. The molecule has 3 aliphatic heterocycles. The molecular formula is C48H58F2N10O5. The molecule has 1 N–H and O–H groups in total. The molecule has 2 aliphatic carbocycles. The summed E-state index contributed by atoms with van der Waals surface area (Å²) in [6, 6.07) is 9.61. The van der Waals surface area contributed by atoms with Crippen molar-refractivity contribution in [1.82, 2.24) is 48.9 Å². The number of pyridine rings is 1. The van der Waals surface area contributed by atoms with Crippen LogP contribution in [-0.2, 0) is 36.0 Å². The highest BCUT2D eigenvalue weighted by atomic mass is 19.3. The van der Waals surface area contributed by atoms with Crippen LogP contribution in [0.15, 0.2) is 58.2 Å². The molecule has 5 aromatic rings. The largest absolute Gasteiger partial charge is 0.444 e. The Morgan fingerprint density at radius 3 is 2.46 bits per heavy atom. The van der Waals surface area contributed by atoms with Gasteiger partial charge in [0, 0.05) is 101 Å². The summed E-state index contributed by atoms with van der Waals surface area (Å²) in [5.74, 6) is 0.535. The third kappa shape index (κ3) is 9.50. The van der Waals surface area contributed by atoms with Gasteiger partial charge in [0.2, 0.25) is 17.7 Å². The van der Waals surface area contributed by atoms with E-state index in [1.165, 1.54) is 23.7 Å². The van der Waals surface area contributed by atoms with E-state index < -0.39 is 18.4 Å². The van der Waals surface area contributed by atoms with Crippen LogP contribution in [0.5, 0.6) is 0 Å². The third-order valence-corrected chi connectivity index (χ3v) is 14.7. The van der Waals surface area contributed by atoms with Crippen LogP contribution in [0.1, 0.15) is 116 Å². The van der Waals surface area contributed by atoms with Crippen LogP contribution in [0.25, 0.3) is 22.5 Å². The first-order chi connectivity index (χ1) is 31.5. The van der Waals surface area contributed by atoms with Crippen molar-refractivity contribution in [1.29, 1.82) is 0 Å². The minimum Gasteiger partial charge on any atom is -0.444 e. The molecule has 10 rings (SSSR count). The van der Waals surface area contributed by atoms with Gasteiger partial charge < -0.3 is 9.32 Å². The van der Waals surface area contributed by atoms with Crippen molar-refractivity contribution in [2.24, 2.45) is 18.9 Å². The number of carbonyl (C=O) groups excluding carboxylic acids is 3. The first-order valence-corrected chi connectivity index (χ1v) is 23.6. The number of Topliss-reactive ketones (excluding diaryl/α,β-unsaturated/α-hetero) is 1. The first kappa shape index (κ1) is 43.5. The van der Waals surface area contributed by atoms with E-state index in [2.05, 4.69) is 41.1 Å². The number of oxazole rings is 1. The molecule has 344 valence electrons. The lowest BCUT2D eigenvalue weighted by molar-refractivity contribution is -0.135. The number of likely N-dealkylation sites (tertiary alicyclic amines) is 1. The number of nitrogens with zero attached hydrogens (tertiary/aromatic N) is 9. The third-order valence-electron chi connectivity index (χ3n) is 14.7. The molecule has 65 heavy (non-hydrogen) atoms. The standard InChI is InChI=1S/C48H58F2N10O5/c1-55-41-22-32(7-11-39(41)60(48(55)64)40-12-13-43(62)53-46(40)63)26-56-18-20-58(21-19-56)37-15-17-57(28-37)25-31-5-9-36(10-6-31)59-27-34(44(54-59)45(49)50)24-42(61)38-29-65-47(52-38)33-14-16-51-35(23-33)8-4-30-2-3-30/h7,11,14,16,22-23,27,29-31,36-37,40,45H,2-6,8-10,12-13,15,17-21,24-26,28H2,1H3,(H,53,62,63)/t31?,36?,37-,40?/m1/s1. The van der Waals surface area contributed by atoms with Gasteiger partial charge in [-0.2, -0.15) is 5.10 Å². The maximum absolute atomic E-state index is 14.3. The van der Waals surface area contributed by atoms with Crippen LogP contribution >= 0.6 is 0 Å². The average molecular weight is 893 g/mol. The minimum absolute atomic E-state index is 0.0161. The van der Waals surface area contributed by atoms with Gasteiger partial charge in [-0.1, -0.05) is 18.9 Å². The Morgan fingerprint density at radius 1 is 0.892 bits per heavy atom. The number of fused-ring (bicyclic) bond motifs is 1. The molecule has 0 radical (unpaired) electrons. The zero-order valence-electron chi connectivity index (χ0n) is 37.0. The zero-order valence-corrected chi connectivity index (χ0v) is 37.0. The molecule has 2 amide bonds. The summed E-state index contributed by atoms with van der Waals surface area (Å²) >= 11 is 0. The number of hydrogen-bond donors (Lipinski definition) is 1. The number of benzene rings is 1. The number of rotatable bonds is 15. The minimum atomic E-state index is -2.79. The summed E-state index contributed by atoms with van der Waals surface area (Å²) in [5.41, 5.74) is 4.05. The van der Waals surface area contributed by atoms with Crippen molar-refractivity contribution in [2.75, 3.05) is 45.8 Å². The molecule has 2 atom stereocenters. The van der Waals surface area contributed by atoms with Gasteiger partial charge in [-0.3, -0.25) is 48.3 Å². The highest BCUT2D eigenvalue weighted by molar-refractivity contribution is 6.00. The lowest BCUT2D eigenvalue weighted by Crippen LogP contribution is -2.50. The Kier molecular flexibility index (Phi) is 12.4. The number of nitrogens with one attached hydrogen (secondary N) is 1. The monoisotopic (exact) mass is 892 g/mol. The maximum Gasteiger partial charge on any atom is 0.329 e. The fourth-order valence-corrected chi connectivity index (χ4v) is 10.8. The lowest BCUT2D eigenvalue weighted by Gasteiger charge is -2.38. The van der Waals surface area contributed by atoms with Crippen molar-refractivity contribution in [2.45, 2.75) is 108 Å². The van der Waals surface area contributed by atoms with E-state index in [1.807, 2.05) is 18.2 Å². The summed E-state index contributed by atoms with van der Waals surface area (Å²) < 4.78 is 39.0. The van der Waals surface area contributed by atoms with Crippen molar-refractivity contribution >= 4 is 28.6 Å². The van der Waals surface area contributed by atoms with Gasteiger partial charge in [0.1, 0.15) is 23.7 Å². The number of carbonyl (C=O) groups is 3. The van der Waals surface area contributed by atoms with E-state index in [4.69, 9.17) is 4.42 Å². The predicted molar refractivity (Wildman–Crippen MR) is 237 cm³/mol. The molecule has 3 saturated heterocycles. The molecule has 2 saturated carbocycles. The Bertz CT molecular complexity index is 2610. The Balaban J connectivity index is 0.678. The van der Waals surface area contributed by atoms with Crippen LogP contribution < -0.4 is 11.0 Å². The van der Waals surface area contributed by atoms with Gasteiger partial charge in [-0.05, 0) is 99.6 Å². The van der Waals surface area contributed by atoms with Gasteiger partial charge >= 0.3 is 5.69 Å². The zero-order chi connectivity index (χ0) is 44.8. The van der Waals surface area contributed by atoms with Crippen molar-refractivity contribution in [3.05, 3.63) is 87.7 Å².